The summed E-state index contributed by atoms with van der Waals surface area (Å²) in [5.41, 5.74) is 1.64. The van der Waals surface area contributed by atoms with E-state index < -0.39 is 16.1 Å². The topological polar surface area (TPSA) is 84.5 Å². The Labute approximate surface area is 161 Å². The second-order valence-corrected chi connectivity index (χ2v) is 8.23. The molecule has 6 nitrogen and oxygen atoms in total. The lowest BCUT2D eigenvalue weighted by Crippen LogP contribution is -2.40. The van der Waals surface area contributed by atoms with Gasteiger partial charge in [-0.3, -0.25) is 9.52 Å². The quantitative estimate of drug-likeness (QED) is 0.724. The van der Waals surface area contributed by atoms with Crippen molar-refractivity contribution in [2.45, 2.75) is 51.2 Å². The van der Waals surface area contributed by atoms with E-state index in [1.807, 2.05) is 32.9 Å². The Balaban J connectivity index is 2.05. The van der Waals surface area contributed by atoms with Gasteiger partial charge in [-0.05, 0) is 69.2 Å². The molecule has 27 heavy (non-hydrogen) atoms. The highest BCUT2D eigenvalue weighted by molar-refractivity contribution is 7.92. The third-order valence-electron chi connectivity index (χ3n) is 3.86. The van der Waals surface area contributed by atoms with Crippen LogP contribution in [-0.4, -0.2) is 26.5 Å². The van der Waals surface area contributed by atoms with Crippen LogP contribution >= 0.6 is 0 Å². The number of sulfonamides is 1. The molecule has 0 bridgehead atoms. The van der Waals surface area contributed by atoms with Gasteiger partial charge < -0.3 is 10.1 Å². The molecule has 0 aromatic heterocycles. The van der Waals surface area contributed by atoms with Crippen LogP contribution in [0, 0.1) is 0 Å². The summed E-state index contributed by atoms with van der Waals surface area (Å²) >= 11 is 0. The van der Waals surface area contributed by atoms with E-state index in [-0.39, 0.29) is 16.8 Å². The smallest absolute Gasteiger partial charge is 0.261 e. The zero-order valence-electron chi connectivity index (χ0n) is 16.0. The summed E-state index contributed by atoms with van der Waals surface area (Å²) in [5, 5.41) is 2.76. The molecule has 2 N–H and O–H groups in total. The zero-order valence-corrected chi connectivity index (χ0v) is 16.8. The molecule has 0 spiro atoms. The molecular formula is C20H26N2O4S. The van der Waals surface area contributed by atoms with E-state index in [0.717, 1.165) is 12.0 Å². The van der Waals surface area contributed by atoms with Gasteiger partial charge in [0, 0.05) is 11.7 Å². The molecule has 146 valence electrons. The zero-order chi connectivity index (χ0) is 20.0. The molecule has 1 amide bonds. The Hall–Kier alpha value is -2.54. The first-order valence-electron chi connectivity index (χ1n) is 8.90. The number of nitrogens with one attached hydrogen (secondary N) is 2. The summed E-state index contributed by atoms with van der Waals surface area (Å²) in [6, 6.07) is 13.2. The fraction of sp³-hybridized carbons (Fsp3) is 0.350. The second kappa shape index (κ2) is 8.90. The average molecular weight is 391 g/mol. The second-order valence-electron chi connectivity index (χ2n) is 6.55. The van der Waals surface area contributed by atoms with Crippen molar-refractivity contribution in [1.82, 2.24) is 5.32 Å². The van der Waals surface area contributed by atoms with E-state index in [4.69, 9.17) is 4.74 Å². The maximum atomic E-state index is 12.5. The van der Waals surface area contributed by atoms with Crippen molar-refractivity contribution in [3.05, 3.63) is 54.1 Å². The number of amides is 1. The third-order valence-corrected chi connectivity index (χ3v) is 5.26. The molecular weight excluding hydrogens is 364 g/mol. The molecule has 2 aromatic rings. The minimum atomic E-state index is -3.70. The van der Waals surface area contributed by atoms with E-state index in [9.17, 15) is 13.2 Å². The minimum Gasteiger partial charge on any atom is -0.481 e. The van der Waals surface area contributed by atoms with E-state index in [0.29, 0.717) is 11.4 Å². The van der Waals surface area contributed by atoms with Gasteiger partial charge in [0.25, 0.3) is 15.9 Å². The molecule has 0 saturated carbocycles. The first-order valence-corrected chi connectivity index (χ1v) is 10.4. The molecule has 0 radical (unpaired) electrons. The van der Waals surface area contributed by atoms with Crippen molar-refractivity contribution in [1.29, 1.82) is 0 Å². The molecule has 2 aromatic carbocycles. The predicted octanol–water partition coefficient (Wildman–Crippen LogP) is 3.34. The fourth-order valence-corrected chi connectivity index (χ4v) is 3.44. The van der Waals surface area contributed by atoms with Gasteiger partial charge in [-0.25, -0.2) is 8.42 Å². The first kappa shape index (κ1) is 20.8. The van der Waals surface area contributed by atoms with Crippen LogP contribution in [0.3, 0.4) is 0 Å². The standard InChI is InChI=1S/C20H26N2O4S/c1-5-16-6-8-17(9-7-16)22-27(24,25)19-12-10-18(11-13-19)26-15(4)20(23)21-14(2)3/h6-15,22H,5H2,1-4H3,(H,21,23)/t15-/m1/s1. The summed E-state index contributed by atoms with van der Waals surface area (Å²) in [4.78, 5) is 12.0. The van der Waals surface area contributed by atoms with Crippen LogP contribution < -0.4 is 14.8 Å². The van der Waals surface area contributed by atoms with Crippen LogP contribution in [0.1, 0.15) is 33.3 Å². The van der Waals surface area contributed by atoms with Crippen LogP contribution in [0.25, 0.3) is 0 Å². The van der Waals surface area contributed by atoms with Crippen molar-refractivity contribution in [3.8, 4) is 5.75 Å². The van der Waals surface area contributed by atoms with Gasteiger partial charge in [-0.15, -0.1) is 0 Å². The van der Waals surface area contributed by atoms with Crippen LogP contribution in [0.2, 0.25) is 0 Å². The van der Waals surface area contributed by atoms with Crippen LogP contribution in [0.5, 0.6) is 5.75 Å². The molecule has 0 fully saturated rings. The SMILES string of the molecule is CCc1ccc(NS(=O)(=O)c2ccc(O[C@H](C)C(=O)NC(C)C)cc2)cc1. The van der Waals surface area contributed by atoms with E-state index in [2.05, 4.69) is 10.0 Å². The number of hydrogen-bond donors (Lipinski definition) is 2. The predicted molar refractivity (Wildman–Crippen MR) is 106 cm³/mol. The van der Waals surface area contributed by atoms with E-state index in [1.165, 1.54) is 24.3 Å². The Bertz CT molecular complexity index is 860. The number of ether oxygens (including phenoxy) is 1. The van der Waals surface area contributed by atoms with Crippen molar-refractivity contribution in [2.24, 2.45) is 0 Å². The molecule has 7 heteroatoms. The number of carbonyl (C=O) groups is 1. The van der Waals surface area contributed by atoms with E-state index in [1.54, 1.807) is 19.1 Å². The van der Waals surface area contributed by atoms with Gasteiger partial charge in [0.2, 0.25) is 0 Å². The third kappa shape index (κ3) is 5.99. The fourth-order valence-electron chi connectivity index (χ4n) is 2.38. The maximum Gasteiger partial charge on any atom is 0.261 e. The summed E-state index contributed by atoms with van der Waals surface area (Å²) in [7, 11) is -3.70. The van der Waals surface area contributed by atoms with Crippen LogP contribution in [0.4, 0.5) is 5.69 Å². The molecule has 0 unspecified atom stereocenters. The first-order chi connectivity index (χ1) is 12.7. The lowest BCUT2D eigenvalue weighted by Gasteiger charge is -2.16. The molecule has 2 rings (SSSR count). The largest absolute Gasteiger partial charge is 0.481 e. The summed E-state index contributed by atoms with van der Waals surface area (Å²) in [6.07, 6.45) is 0.215. The van der Waals surface area contributed by atoms with Gasteiger partial charge in [-0.2, -0.15) is 0 Å². The maximum absolute atomic E-state index is 12.5. The summed E-state index contributed by atoms with van der Waals surface area (Å²) in [5.74, 6) is 0.201. The van der Waals surface area contributed by atoms with Crippen molar-refractivity contribution < 1.29 is 17.9 Å². The number of carbonyl (C=O) groups excluding carboxylic acids is 1. The van der Waals surface area contributed by atoms with Crippen LogP contribution in [-0.2, 0) is 21.2 Å². The highest BCUT2D eigenvalue weighted by Crippen LogP contribution is 2.20. The van der Waals surface area contributed by atoms with Crippen molar-refractivity contribution in [3.63, 3.8) is 0 Å². The summed E-state index contributed by atoms with van der Waals surface area (Å²) < 4.78 is 33.1. The minimum absolute atomic E-state index is 0.0218. The highest BCUT2D eigenvalue weighted by Gasteiger charge is 2.17. The van der Waals surface area contributed by atoms with Gasteiger partial charge in [0.15, 0.2) is 6.10 Å². The monoisotopic (exact) mass is 390 g/mol. The Kier molecular flexibility index (Phi) is 6.85. The molecule has 0 aliphatic carbocycles. The number of benzene rings is 2. The number of aryl methyl sites for hydroxylation is 1. The van der Waals surface area contributed by atoms with Gasteiger partial charge >= 0.3 is 0 Å². The van der Waals surface area contributed by atoms with Crippen molar-refractivity contribution in [2.75, 3.05) is 4.72 Å². The van der Waals surface area contributed by atoms with Gasteiger partial charge in [0.1, 0.15) is 5.75 Å². The highest BCUT2D eigenvalue weighted by atomic mass is 32.2. The van der Waals surface area contributed by atoms with E-state index >= 15 is 0 Å². The lowest BCUT2D eigenvalue weighted by molar-refractivity contribution is -0.127. The molecule has 0 heterocycles. The average Bonchev–Trinajstić information content (AvgIpc) is 2.62. The number of rotatable bonds is 8. The molecule has 0 aliphatic heterocycles. The molecule has 0 aliphatic rings. The lowest BCUT2D eigenvalue weighted by atomic mass is 10.2. The Morgan fingerprint density at radius 2 is 1.59 bits per heavy atom. The number of hydrogen-bond acceptors (Lipinski definition) is 4. The molecule has 0 saturated heterocycles. The van der Waals surface area contributed by atoms with Crippen LogP contribution in [0.15, 0.2) is 53.4 Å². The van der Waals surface area contributed by atoms with Gasteiger partial charge in [0.05, 0.1) is 4.90 Å². The Morgan fingerprint density at radius 3 is 2.11 bits per heavy atom. The Morgan fingerprint density at radius 1 is 1.00 bits per heavy atom. The normalized spacial score (nSPS) is 12.5. The number of anilines is 1. The summed E-state index contributed by atoms with van der Waals surface area (Å²) in [6.45, 7) is 7.42. The molecule has 1 atom stereocenters. The van der Waals surface area contributed by atoms with Gasteiger partial charge in [-0.1, -0.05) is 19.1 Å². The van der Waals surface area contributed by atoms with Crippen molar-refractivity contribution >= 4 is 21.6 Å².